The van der Waals surface area contributed by atoms with Gasteiger partial charge in [0.15, 0.2) is 0 Å². The van der Waals surface area contributed by atoms with Gasteiger partial charge in [0.1, 0.15) is 5.82 Å². The number of piperidine rings is 1. The van der Waals surface area contributed by atoms with Gasteiger partial charge in [0.25, 0.3) is 0 Å². The Hall–Kier alpha value is -3.22. The minimum absolute atomic E-state index is 0.0441. The number of hydrogen-bond acceptors (Lipinski definition) is 5. The zero-order valence-corrected chi connectivity index (χ0v) is 15.6. The van der Waals surface area contributed by atoms with E-state index < -0.39 is 0 Å². The number of nitrogens with zero attached hydrogens (tertiary/aromatic N) is 3. The standard InChI is InChI=1S/C21H21FN4O2/c1-14-4-2-3-5-18(14)19-24-21(28-25-19)26-12-10-15(11-13-26)20(27)23-17-8-6-16(22)7-9-17/h2-9,15H,10-13H2,1H3,(H,23,27). The number of carbonyl (C=O) groups is 1. The Kier molecular flexibility index (Phi) is 5.06. The monoisotopic (exact) mass is 380 g/mol. The number of nitrogens with one attached hydrogen (secondary N) is 1. The quantitative estimate of drug-likeness (QED) is 0.740. The third kappa shape index (κ3) is 3.88. The normalized spacial score (nSPS) is 14.9. The van der Waals surface area contributed by atoms with Gasteiger partial charge >= 0.3 is 6.01 Å². The summed E-state index contributed by atoms with van der Waals surface area (Å²) in [7, 11) is 0. The van der Waals surface area contributed by atoms with E-state index in [1.54, 1.807) is 12.1 Å². The SMILES string of the molecule is Cc1ccccc1-c1noc(N2CCC(C(=O)Nc3ccc(F)cc3)CC2)n1. The van der Waals surface area contributed by atoms with Crippen LogP contribution in [0.25, 0.3) is 11.4 Å². The molecule has 1 fully saturated rings. The van der Waals surface area contributed by atoms with Crippen LogP contribution in [0, 0.1) is 18.7 Å². The number of carbonyl (C=O) groups excluding carboxylic acids is 1. The Bertz CT molecular complexity index is 963. The Morgan fingerprint density at radius 1 is 1.14 bits per heavy atom. The highest BCUT2D eigenvalue weighted by Crippen LogP contribution is 2.26. The number of amides is 1. The first kappa shape index (κ1) is 18.2. The molecule has 7 heteroatoms. The number of aromatic nitrogens is 2. The highest BCUT2D eigenvalue weighted by Gasteiger charge is 2.27. The van der Waals surface area contributed by atoms with Gasteiger partial charge in [-0.2, -0.15) is 4.98 Å². The molecule has 1 amide bonds. The van der Waals surface area contributed by atoms with Crippen molar-refractivity contribution >= 4 is 17.6 Å². The van der Waals surface area contributed by atoms with Crippen molar-refractivity contribution in [2.24, 2.45) is 5.92 Å². The molecule has 1 aliphatic heterocycles. The van der Waals surface area contributed by atoms with Crippen molar-refractivity contribution < 1.29 is 13.7 Å². The van der Waals surface area contributed by atoms with E-state index in [4.69, 9.17) is 4.52 Å². The fraction of sp³-hybridized carbons (Fsp3) is 0.286. The second-order valence-electron chi connectivity index (χ2n) is 6.97. The van der Waals surface area contributed by atoms with Gasteiger partial charge in [-0.1, -0.05) is 29.4 Å². The van der Waals surface area contributed by atoms with E-state index in [0.717, 1.165) is 11.1 Å². The summed E-state index contributed by atoms with van der Waals surface area (Å²) in [5.41, 5.74) is 2.64. The van der Waals surface area contributed by atoms with E-state index >= 15 is 0 Å². The second-order valence-corrected chi connectivity index (χ2v) is 6.97. The van der Waals surface area contributed by atoms with Crippen LogP contribution in [0.2, 0.25) is 0 Å². The summed E-state index contributed by atoms with van der Waals surface area (Å²) >= 11 is 0. The van der Waals surface area contributed by atoms with Crippen molar-refractivity contribution in [3.8, 4) is 11.4 Å². The van der Waals surface area contributed by atoms with Gasteiger partial charge in [-0.15, -0.1) is 0 Å². The van der Waals surface area contributed by atoms with Crippen LogP contribution in [0.15, 0.2) is 53.1 Å². The lowest BCUT2D eigenvalue weighted by Gasteiger charge is -2.29. The number of rotatable bonds is 4. The van der Waals surface area contributed by atoms with Crippen LogP contribution in [0.3, 0.4) is 0 Å². The number of anilines is 2. The van der Waals surface area contributed by atoms with Gasteiger partial charge in [-0.3, -0.25) is 4.79 Å². The first-order chi connectivity index (χ1) is 13.6. The predicted octanol–water partition coefficient (Wildman–Crippen LogP) is 4.04. The topological polar surface area (TPSA) is 71.3 Å². The number of benzene rings is 2. The van der Waals surface area contributed by atoms with Crippen molar-refractivity contribution in [3.63, 3.8) is 0 Å². The molecule has 4 rings (SSSR count). The van der Waals surface area contributed by atoms with E-state index in [0.29, 0.717) is 43.5 Å². The summed E-state index contributed by atoms with van der Waals surface area (Å²) in [5.74, 6) is 0.109. The molecule has 0 unspecified atom stereocenters. The van der Waals surface area contributed by atoms with Crippen LogP contribution in [0.5, 0.6) is 0 Å². The molecule has 0 radical (unpaired) electrons. The third-order valence-corrected chi connectivity index (χ3v) is 5.05. The van der Waals surface area contributed by atoms with Crippen molar-refractivity contribution in [2.75, 3.05) is 23.3 Å². The van der Waals surface area contributed by atoms with E-state index in [1.165, 1.54) is 12.1 Å². The molecule has 6 nitrogen and oxygen atoms in total. The first-order valence-electron chi connectivity index (χ1n) is 9.31. The summed E-state index contributed by atoms with van der Waals surface area (Å²) in [6.45, 7) is 3.34. The maximum absolute atomic E-state index is 13.0. The largest absolute Gasteiger partial charge is 0.326 e. The van der Waals surface area contributed by atoms with Gasteiger partial charge in [0, 0.05) is 30.3 Å². The Morgan fingerprint density at radius 3 is 2.57 bits per heavy atom. The van der Waals surface area contributed by atoms with Crippen LogP contribution in [-0.2, 0) is 4.79 Å². The molecule has 1 saturated heterocycles. The van der Waals surface area contributed by atoms with Gasteiger partial charge in [0.05, 0.1) is 0 Å². The summed E-state index contributed by atoms with van der Waals surface area (Å²) in [6.07, 6.45) is 1.38. The Labute approximate surface area is 162 Å². The lowest BCUT2D eigenvalue weighted by Crippen LogP contribution is -2.38. The van der Waals surface area contributed by atoms with E-state index in [1.807, 2.05) is 36.1 Å². The lowest BCUT2D eigenvalue weighted by atomic mass is 9.96. The van der Waals surface area contributed by atoms with Crippen molar-refractivity contribution in [2.45, 2.75) is 19.8 Å². The maximum Gasteiger partial charge on any atom is 0.324 e. The first-order valence-corrected chi connectivity index (χ1v) is 9.31. The lowest BCUT2D eigenvalue weighted by molar-refractivity contribution is -0.120. The number of halogens is 1. The van der Waals surface area contributed by atoms with E-state index in [-0.39, 0.29) is 17.6 Å². The van der Waals surface area contributed by atoms with Crippen LogP contribution >= 0.6 is 0 Å². The van der Waals surface area contributed by atoms with Crippen LogP contribution in [0.1, 0.15) is 18.4 Å². The van der Waals surface area contributed by atoms with Crippen LogP contribution in [0.4, 0.5) is 16.1 Å². The molecule has 2 heterocycles. The second kappa shape index (κ2) is 7.80. The summed E-state index contributed by atoms with van der Waals surface area (Å²) in [6, 6.07) is 14.2. The molecular weight excluding hydrogens is 359 g/mol. The molecule has 0 atom stereocenters. The average Bonchev–Trinajstić information content (AvgIpc) is 3.20. The average molecular weight is 380 g/mol. The fourth-order valence-electron chi connectivity index (χ4n) is 3.39. The van der Waals surface area contributed by atoms with E-state index in [2.05, 4.69) is 15.5 Å². The predicted molar refractivity (Wildman–Crippen MR) is 104 cm³/mol. The zero-order chi connectivity index (χ0) is 19.5. The maximum atomic E-state index is 13.0. The molecule has 3 aromatic rings. The molecule has 0 aliphatic carbocycles. The van der Waals surface area contributed by atoms with Gasteiger partial charge in [-0.25, -0.2) is 4.39 Å². The number of hydrogen-bond donors (Lipinski definition) is 1. The van der Waals surface area contributed by atoms with E-state index in [9.17, 15) is 9.18 Å². The number of aryl methyl sites for hydroxylation is 1. The molecule has 0 bridgehead atoms. The van der Waals surface area contributed by atoms with Crippen LogP contribution < -0.4 is 10.2 Å². The Morgan fingerprint density at radius 2 is 1.86 bits per heavy atom. The minimum atomic E-state index is -0.323. The highest BCUT2D eigenvalue weighted by atomic mass is 19.1. The van der Waals surface area contributed by atoms with Crippen LogP contribution in [-0.4, -0.2) is 29.1 Å². The summed E-state index contributed by atoms with van der Waals surface area (Å²) < 4.78 is 18.4. The highest BCUT2D eigenvalue weighted by molar-refractivity contribution is 5.92. The molecular formula is C21H21FN4O2. The van der Waals surface area contributed by atoms with Crippen molar-refractivity contribution in [3.05, 3.63) is 59.9 Å². The molecule has 144 valence electrons. The molecule has 1 aliphatic rings. The van der Waals surface area contributed by atoms with Crippen molar-refractivity contribution in [1.82, 2.24) is 10.1 Å². The minimum Gasteiger partial charge on any atom is -0.326 e. The van der Waals surface area contributed by atoms with Crippen molar-refractivity contribution in [1.29, 1.82) is 0 Å². The molecule has 2 aromatic carbocycles. The molecule has 28 heavy (non-hydrogen) atoms. The molecule has 1 N–H and O–H groups in total. The molecule has 1 aromatic heterocycles. The fourth-order valence-corrected chi connectivity index (χ4v) is 3.39. The third-order valence-electron chi connectivity index (χ3n) is 5.05. The van der Waals surface area contributed by atoms with Gasteiger partial charge < -0.3 is 14.7 Å². The smallest absolute Gasteiger partial charge is 0.324 e. The summed E-state index contributed by atoms with van der Waals surface area (Å²) in [4.78, 5) is 19.0. The molecule has 0 spiro atoms. The Balaban J connectivity index is 1.36. The zero-order valence-electron chi connectivity index (χ0n) is 15.6. The van der Waals surface area contributed by atoms with Gasteiger partial charge in [-0.05, 0) is 49.6 Å². The molecule has 0 saturated carbocycles. The van der Waals surface area contributed by atoms with Gasteiger partial charge in [0.2, 0.25) is 11.7 Å². The summed E-state index contributed by atoms with van der Waals surface area (Å²) in [5, 5.41) is 6.95.